The maximum atomic E-state index is 11.0. The van der Waals surface area contributed by atoms with E-state index >= 15 is 0 Å². The van der Waals surface area contributed by atoms with Crippen LogP contribution >= 0.6 is 15.2 Å². The van der Waals surface area contributed by atoms with Crippen LogP contribution in [-0.4, -0.2) is 35.0 Å². The minimum atomic E-state index is -5.80. The van der Waals surface area contributed by atoms with E-state index in [0.29, 0.717) is 12.1 Å². The maximum Gasteiger partial charge on any atom is 0.211 e. The lowest BCUT2D eigenvalue weighted by atomic mass is 10.2. The molecule has 0 aromatic carbocycles. The number of nitrogens with zero attached hydrogens (tertiary/aromatic N) is 3. The molecule has 0 radical (unpaired) electrons. The highest BCUT2D eigenvalue weighted by molar-refractivity contribution is 7.70. The average molecular weight is 327 g/mol. The van der Waals surface area contributed by atoms with Crippen LogP contribution in [0.3, 0.4) is 0 Å². The van der Waals surface area contributed by atoms with E-state index in [-0.39, 0.29) is 0 Å². The van der Waals surface area contributed by atoms with Gasteiger partial charge in [-0.2, -0.15) is 0 Å². The second-order valence-corrected chi connectivity index (χ2v) is 8.24. The van der Waals surface area contributed by atoms with Crippen LogP contribution in [0.1, 0.15) is 25.5 Å². The summed E-state index contributed by atoms with van der Waals surface area (Å²) in [6, 6.07) is 0. The highest BCUT2D eigenvalue weighted by Gasteiger charge is 2.48. The van der Waals surface area contributed by atoms with Crippen molar-refractivity contribution in [3.05, 3.63) is 11.9 Å². The summed E-state index contributed by atoms with van der Waals surface area (Å²) < 4.78 is 22.8. The zero-order valence-electron chi connectivity index (χ0n) is 10.6. The molecule has 1 rings (SSSR count). The molecular formula is C8H15N3O7P2-2. The smallest absolute Gasteiger partial charge is 0.211 e. The van der Waals surface area contributed by atoms with E-state index in [1.54, 1.807) is 0 Å². The summed E-state index contributed by atoms with van der Waals surface area (Å²) in [6.07, 6.45) is 3.45. The van der Waals surface area contributed by atoms with Crippen molar-refractivity contribution in [1.29, 1.82) is 0 Å². The van der Waals surface area contributed by atoms with E-state index in [4.69, 9.17) is 9.79 Å². The molecular weight excluding hydrogens is 312 g/mol. The van der Waals surface area contributed by atoms with Crippen molar-refractivity contribution < 1.29 is 33.8 Å². The molecule has 0 spiro atoms. The molecule has 3 N–H and O–H groups in total. The summed E-state index contributed by atoms with van der Waals surface area (Å²) in [5, 5.41) is 12.9. The van der Waals surface area contributed by atoms with E-state index in [9.17, 15) is 24.0 Å². The fraction of sp³-hybridized carbons (Fsp3) is 0.750. The van der Waals surface area contributed by atoms with Gasteiger partial charge >= 0.3 is 0 Å². The van der Waals surface area contributed by atoms with Gasteiger partial charge in [0.2, 0.25) is 5.08 Å². The number of aromatic nitrogens is 3. The maximum absolute atomic E-state index is 11.0. The lowest BCUT2D eigenvalue weighted by Crippen LogP contribution is -2.41. The number of hydrogen-bond donors (Lipinski definition) is 3. The molecule has 116 valence electrons. The second-order valence-electron chi connectivity index (χ2n) is 4.33. The lowest BCUT2D eigenvalue weighted by molar-refractivity contribution is -0.227. The summed E-state index contributed by atoms with van der Waals surface area (Å²) in [5.41, 5.74) is 0.464. The fourth-order valence-electron chi connectivity index (χ4n) is 1.44. The van der Waals surface area contributed by atoms with Crippen LogP contribution in [-0.2, 0) is 22.1 Å². The molecule has 0 amide bonds. The van der Waals surface area contributed by atoms with Crippen LogP contribution in [0, 0.1) is 0 Å². The molecule has 2 unspecified atom stereocenters. The van der Waals surface area contributed by atoms with Crippen LogP contribution in [0.25, 0.3) is 0 Å². The molecule has 0 aliphatic rings. The van der Waals surface area contributed by atoms with Crippen molar-refractivity contribution in [2.75, 3.05) is 0 Å². The summed E-state index contributed by atoms with van der Waals surface area (Å²) >= 11 is 0. The van der Waals surface area contributed by atoms with E-state index in [0.717, 1.165) is 17.5 Å². The van der Waals surface area contributed by atoms with Gasteiger partial charge in [-0.25, -0.2) is 4.68 Å². The zero-order chi connectivity index (χ0) is 15.6. The van der Waals surface area contributed by atoms with Gasteiger partial charge in [0.1, 0.15) is 0 Å². The largest absolute Gasteiger partial charge is 0.776 e. The first-order valence-electron chi connectivity index (χ1n) is 5.70. The first-order valence-corrected chi connectivity index (χ1v) is 8.86. The standard InChI is InChI=1S/C8H17N3O7P2/c1-2-3-4-7-5-11(10-9-7)6-8(12,19(13,14)15)20(16,17)18/h5,12H,2-4,6H2,1H3,(H2,13,14,15)(H2,16,17,18)/p-2. The van der Waals surface area contributed by atoms with Crippen molar-refractivity contribution in [2.24, 2.45) is 0 Å². The number of rotatable bonds is 7. The van der Waals surface area contributed by atoms with E-state index in [2.05, 4.69) is 10.3 Å². The minimum absolute atomic E-state index is 0.464. The van der Waals surface area contributed by atoms with Crippen LogP contribution in [0.5, 0.6) is 0 Å². The Kier molecular flexibility index (Phi) is 5.26. The highest BCUT2D eigenvalue weighted by Crippen LogP contribution is 2.63. The molecule has 0 aliphatic heterocycles. The van der Waals surface area contributed by atoms with Crippen LogP contribution in [0.4, 0.5) is 0 Å². The Balaban J connectivity index is 3.01. The van der Waals surface area contributed by atoms with Gasteiger partial charge in [0.25, 0.3) is 0 Å². The summed E-state index contributed by atoms with van der Waals surface area (Å²) in [5.74, 6) is 0. The molecule has 10 nitrogen and oxygen atoms in total. The Morgan fingerprint density at radius 2 is 1.90 bits per heavy atom. The summed E-state index contributed by atoms with van der Waals surface area (Å²) in [4.78, 5) is 39.7. The molecule has 1 aromatic rings. The number of aryl methyl sites for hydroxylation is 1. The molecule has 0 fully saturated rings. The molecule has 0 aliphatic carbocycles. The predicted molar refractivity (Wildman–Crippen MR) is 63.2 cm³/mol. The van der Waals surface area contributed by atoms with Crippen molar-refractivity contribution in [3.8, 4) is 0 Å². The molecule has 0 bridgehead atoms. The number of unbranched alkanes of at least 4 members (excludes halogenated alkanes) is 1. The molecule has 0 saturated heterocycles. The molecule has 20 heavy (non-hydrogen) atoms. The number of aliphatic hydroxyl groups is 1. The third-order valence-electron chi connectivity index (χ3n) is 2.65. The third-order valence-corrected chi connectivity index (χ3v) is 6.26. The average Bonchev–Trinajstić information content (AvgIpc) is 2.71. The summed E-state index contributed by atoms with van der Waals surface area (Å²) in [6.45, 7) is 0.767. The summed E-state index contributed by atoms with van der Waals surface area (Å²) in [7, 11) is -11.6. The van der Waals surface area contributed by atoms with Crippen LogP contribution in [0.2, 0.25) is 0 Å². The molecule has 1 aromatic heterocycles. The minimum Gasteiger partial charge on any atom is -0.776 e. The normalized spacial score (nSPS) is 20.9. The molecule has 0 saturated carbocycles. The Hall–Kier alpha value is -0.600. The van der Waals surface area contributed by atoms with Crippen molar-refractivity contribution in [3.63, 3.8) is 0 Å². The van der Waals surface area contributed by atoms with Crippen LogP contribution < -0.4 is 9.79 Å². The predicted octanol–water partition coefficient (Wildman–Crippen LogP) is -1.64. The van der Waals surface area contributed by atoms with Gasteiger partial charge in [-0.1, -0.05) is 18.6 Å². The third kappa shape index (κ3) is 3.73. The van der Waals surface area contributed by atoms with Crippen molar-refractivity contribution in [2.45, 2.75) is 37.8 Å². The van der Waals surface area contributed by atoms with Crippen LogP contribution in [0.15, 0.2) is 6.20 Å². The van der Waals surface area contributed by atoms with E-state index in [1.807, 2.05) is 6.92 Å². The van der Waals surface area contributed by atoms with Gasteiger partial charge in [0.05, 0.1) is 12.2 Å². The van der Waals surface area contributed by atoms with Crippen molar-refractivity contribution >= 4 is 15.2 Å². The fourth-order valence-corrected chi connectivity index (χ4v) is 3.37. The lowest BCUT2D eigenvalue weighted by Gasteiger charge is -2.41. The van der Waals surface area contributed by atoms with Gasteiger partial charge in [-0.05, 0) is 12.8 Å². The Labute approximate surface area is 114 Å². The Morgan fingerprint density at radius 1 is 1.35 bits per heavy atom. The van der Waals surface area contributed by atoms with Gasteiger partial charge < -0.3 is 33.8 Å². The van der Waals surface area contributed by atoms with Crippen molar-refractivity contribution in [1.82, 2.24) is 15.0 Å². The van der Waals surface area contributed by atoms with Gasteiger partial charge in [-0.15, -0.1) is 5.10 Å². The second kappa shape index (κ2) is 6.03. The first-order chi connectivity index (χ1) is 9.01. The first kappa shape index (κ1) is 17.5. The molecule has 1 heterocycles. The Bertz CT molecular complexity index is 526. The van der Waals surface area contributed by atoms with Gasteiger partial charge in [0.15, 0.2) is 15.2 Å². The number of hydrogen-bond acceptors (Lipinski definition) is 7. The van der Waals surface area contributed by atoms with Gasteiger partial charge in [0, 0.05) is 6.20 Å². The SMILES string of the molecule is CCCCc1cn(CC(O)(P(=O)([O-])O)P(=O)([O-])O)nn1. The topological polar surface area (TPSA) is 172 Å². The highest BCUT2D eigenvalue weighted by atomic mass is 31.2. The zero-order valence-corrected chi connectivity index (χ0v) is 12.4. The monoisotopic (exact) mass is 327 g/mol. The van der Waals surface area contributed by atoms with E-state index < -0.39 is 26.8 Å². The quantitative estimate of drug-likeness (QED) is 0.496. The van der Waals surface area contributed by atoms with E-state index in [1.165, 1.54) is 6.20 Å². The Morgan fingerprint density at radius 3 is 2.35 bits per heavy atom. The van der Waals surface area contributed by atoms with Gasteiger partial charge in [-0.3, -0.25) is 0 Å². The molecule has 12 heteroatoms. The molecule has 2 atom stereocenters.